The lowest BCUT2D eigenvalue weighted by Gasteiger charge is -2.46. The molecule has 3 fully saturated rings. The monoisotopic (exact) mass is 454 g/mol. The lowest BCUT2D eigenvalue weighted by atomic mass is 9.79. The Morgan fingerprint density at radius 2 is 1.91 bits per heavy atom. The first-order chi connectivity index (χ1) is 16.1. The minimum absolute atomic E-state index is 0.404. The third-order valence-corrected chi connectivity index (χ3v) is 8.24. The van der Waals surface area contributed by atoms with E-state index < -0.39 is 0 Å². The molecule has 2 bridgehead atoms. The molecule has 1 aromatic rings. The zero-order valence-corrected chi connectivity index (χ0v) is 21.1. The van der Waals surface area contributed by atoms with Gasteiger partial charge in [0.15, 0.2) is 0 Å². The molecule has 3 atom stereocenters. The maximum Gasteiger partial charge on any atom is 0.222 e. The molecule has 0 saturated carbocycles. The van der Waals surface area contributed by atoms with Crippen molar-refractivity contribution in [3.8, 4) is 0 Å². The highest BCUT2D eigenvalue weighted by atomic mass is 16.2. The van der Waals surface area contributed by atoms with Gasteiger partial charge in [-0.2, -0.15) is 0 Å². The van der Waals surface area contributed by atoms with E-state index in [0.717, 1.165) is 89.5 Å². The van der Waals surface area contributed by atoms with Crippen molar-refractivity contribution < 1.29 is 4.79 Å². The molecule has 1 aromatic carbocycles. The average Bonchev–Trinajstić information content (AvgIpc) is 2.82. The smallest absolute Gasteiger partial charge is 0.222 e. The largest absolute Gasteiger partial charge is 0.340 e. The van der Waals surface area contributed by atoms with Gasteiger partial charge in [0, 0.05) is 44.7 Å². The number of carbonyl (C=O) groups excluding carboxylic acids is 1. The lowest BCUT2D eigenvalue weighted by molar-refractivity contribution is -0.134. The quantitative estimate of drug-likeness (QED) is 0.580. The first kappa shape index (κ1) is 24.7. The van der Waals surface area contributed by atoms with Crippen LogP contribution in [-0.2, 0) is 11.3 Å². The summed E-state index contributed by atoms with van der Waals surface area (Å²) in [6, 6.07) is 11.9. The van der Waals surface area contributed by atoms with Gasteiger partial charge in [0.25, 0.3) is 0 Å². The summed E-state index contributed by atoms with van der Waals surface area (Å²) in [5.41, 5.74) is 1.42. The van der Waals surface area contributed by atoms with Crippen LogP contribution in [0, 0.1) is 11.8 Å². The molecule has 1 N–H and O–H groups in total. The number of rotatable bonds is 10. The topological polar surface area (TPSA) is 38.8 Å². The van der Waals surface area contributed by atoms with Gasteiger partial charge in [0.2, 0.25) is 5.91 Å². The maximum atomic E-state index is 13.2. The van der Waals surface area contributed by atoms with Crippen LogP contribution in [0.1, 0.15) is 63.9 Å². The van der Waals surface area contributed by atoms with Crippen LogP contribution < -0.4 is 5.32 Å². The summed E-state index contributed by atoms with van der Waals surface area (Å²) < 4.78 is 0. The SMILES string of the molecule is CCCCN(C(=O)CCC[C@H]1NC[C@@H]2C[C@@H]1CN(Cc1ccccc1)C2)C1CCN(C)CC1. The molecule has 0 unspecified atom stereocenters. The number of hydrogen-bond donors (Lipinski definition) is 1. The molecule has 5 nitrogen and oxygen atoms in total. The van der Waals surface area contributed by atoms with Crippen molar-refractivity contribution in [1.29, 1.82) is 0 Å². The van der Waals surface area contributed by atoms with Crippen molar-refractivity contribution in [2.75, 3.05) is 46.3 Å². The standard InChI is InChI=1S/C28H46N4O/c1-3-4-15-32(26-13-16-30(2)17-14-26)28(33)12-8-11-27-25-18-24(19-29-27)21-31(22-25)20-23-9-6-5-7-10-23/h5-7,9-10,24-27,29H,3-4,8,11-22H2,1-2H3/t24-,25+,27+/m0/s1. The number of fused-ring (bicyclic) bond motifs is 2. The molecule has 33 heavy (non-hydrogen) atoms. The normalized spacial score (nSPS) is 26.9. The summed E-state index contributed by atoms with van der Waals surface area (Å²) in [5.74, 6) is 1.90. The highest BCUT2D eigenvalue weighted by Crippen LogP contribution is 2.31. The van der Waals surface area contributed by atoms with E-state index in [1.807, 2.05) is 0 Å². The van der Waals surface area contributed by atoms with Gasteiger partial charge in [-0.05, 0) is 82.6 Å². The second kappa shape index (κ2) is 12.3. The Morgan fingerprint density at radius 3 is 2.67 bits per heavy atom. The Labute approximate surface area is 201 Å². The highest BCUT2D eigenvalue weighted by molar-refractivity contribution is 5.76. The van der Waals surface area contributed by atoms with Crippen LogP contribution in [0.4, 0.5) is 0 Å². The molecule has 184 valence electrons. The van der Waals surface area contributed by atoms with Crippen LogP contribution in [0.15, 0.2) is 30.3 Å². The first-order valence-corrected chi connectivity index (χ1v) is 13.6. The molecule has 1 amide bonds. The molecule has 5 heteroatoms. The number of nitrogens with zero attached hydrogens (tertiary/aromatic N) is 3. The molecule has 3 saturated heterocycles. The molecular formula is C28H46N4O. The van der Waals surface area contributed by atoms with Gasteiger partial charge in [-0.25, -0.2) is 0 Å². The number of nitrogens with one attached hydrogen (secondary N) is 1. The van der Waals surface area contributed by atoms with E-state index in [1.54, 1.807) is 0 Å². The van der Waals surface area contributed by atoms with Crippen molar-refractivity contribution in [3.63, 3.8) is 0 Å². The van der Waals surface area contributed by atoms with E-state index >= 15 is 0 Å². The van der Waals surface area contributed by atoms with Gasteiger partial charge in [-0.3, -0.25) is 9.69 Å². The molecule has 0 spiro atoms. The minimum Gasteiger partial charge on any atom is -0.340 e. The molecule has 0 radical (unpaired) electrons. The fourth-order valence-electron chi connectivity index (χ4n) is 6.34. The van der Waals surface area contributed by atoms with Gasteiger partial charge in [-0.15, -0.1) is 0 Å². The van der Waals surface area contributed by atoms with Crippen molar-refractivity contribution >= 4 is 5.91 Å². The van der Waals surface area contributed by atoms with E-state index in [2.05, 4.69) is 64.3 Å². The van der Waals surface area contributed by atoms with E-state index in [4.69, 9.17) is 0 Å². The van der Waals surface area contributed by atoms with Gasteiger partial charge < -0.3 is 15.1 Å². The number of hydrogen-bond acceptors (Lipinski definition) is 4. The highest BCUT2D eigenvalue weighted by Gasteiger charge is 2.36. The summed E-state index contributed by atoms with van der Waals surface area (Å²) >= 11 is 0. The van der Waals surface area contributed by atoms with Crippen molar-refractivity contribution in [2.45, 2.75) is 76.9 Å². The van der Waals surface area contributed by atoms with Crippen molar-refractivity contribution in [2.24, 2.45) is 11.8 Å². The number of carbonyl (C=O) groups is 1. The molecule has 3 aliphatic heterocycles. The third kappa shape index (κ3) is 7.03. The predicted octanol–water partition coefficient (Wildman–Crippen LogP) is 3.99. The second-order valence-electron chi connectivity index (χ2n) is 10.9. The Bertz CT molecular complexity index is 718. The van der Waals surface area contributed by atoms with Crippen molar-refractivity contribution in [1.82, 2.24) is 20.0 Å². The second-order valence-corrected chi connectivity index (χ2v) is 10.9. The minimum atomic E-state index is 0.404. The van der Waals surface area contributed by atoms with Crippen LogP contribution in [0.25, 0.3) is 0 Å². The van der Waals surface area contributed by atoms with Gasteiger partial charge >= 0.3 is 0 Å². The summed E-state index contributed by atoms with van der Waals surface area (Å²) in [5, 5.41) is 3.85. The summed E-state index contributed by atoms with van der Waals surface area (Å²) in [4.78, 5) is 20.5. The van der Waals surface area contributed by atoms with Crippen LogP contribution >= 0.6 is 0 Å². The Hall–Kier alpha value is -1.43. The third-order valence-electron chi connectivity index (χ3n) is 8.24. The summed E-state index contributed by atoms with van der Waals surface area (Å²) in [7, 11) is 2.20. The average molecular weight is 455 g/mol. The van der Waals surface area contributed by atoms with Crippen molar-refractivity contribution in [3.05, 3.63) is 35.9 Å². The zero-order chi connectivity index (χ0) is 23.0. The number of benzene rings is 1. The number of likely N-dealkylation sites (tertiary alicyclic amines) is 2. The molecule has 0 aliphatic carbocycles. The van der Waals surface area contributed by atoms with Crippen LogP contribution in [0.3, 0.4) is 0 Å². The Morgan fingerprint density at radius 1 is 1.12 bits per heavy atom. The van der Waals surface area contributed by atoms with Crippen LogP contribution in [0.2, 0.25) is 0 Å². The number of amides is 1. The Balaban J connectivity index is 1.25. The van der Waals surface area contributed by atoms with E-state index in [9.17, 15) is 4.79 Å². The molecular weight excluding hydrogens is 408 g/mol. The fraction of sp³-hybridized carbons (Fsp3) is 0.750. The van der Waals surface area contributed by atoms with Gasteiger partial charge in [-0.1, -0.05) is 43.7 Å². The Kier molecular flexibility index (Phi) is 9.22. The van der Waals surface area contributed by atoms with Gasteiger partial charge in [0.05, 0.1) is 0 Å². The summed E-state index contributed by atoms with van der Waals surface area (Å²) in [6.07, 6.45) is 8.79. The van der Waals surface area contributed by atoms with Crippen LogP contribution in [-0.4, -0.2) is 79.0 Å². The fourth-order valence-corrected chi connectivity index (χ4v) is 6.34. The molecule has 0 aromatic heterocycles. The lowest BCUT2D eigenvalue weighted by Crippen LogP contribution is -2.55. The van der Waals surface area contributed by atoms with E-state index in [1.165, 1.54) is 25.1 Å². The van der Waals surface area contributed by atoms with Gasteiger partial charge in [0.1, 0.15) is 0 Å². The van der Waals surface area contributed by atoms with E-state index in [0.29, 0.717) is 18.0 Å². The molecule has 3 aliphatic rings. The van der Waals surface area contributed by atoms with E-state index in [-0.39, 0.29) is 0 Å². The first-order valence-electron chi connectivity index (χ1n) is 13.6. The van der Waals surface area contributed by atoms with Crippen LogP contribution in [0.5, 0.6) is 0 Å². The predicted molar refractivity (Wildman–Crippen MR) is 136 cm³/mol. The number of piperidine rings is 3. The molecule has 3 heterocycles. The summed E-state index contributed by atoms with van der Waals surface area (Å²) in [6.45, 7) is 10.0. The number of unbranched alkanes of at least 4 members (excludes halogenated alkanes) is 1. The maximum absolute atomic E-state index is 13.2. The zero-order valence-electron chi connectivity index (χ0n) is 21.1. The molecule has 4 rings (SSSR count).